The van der Waals surface area contributed by atoms with Crippen molar-refractivity contribution in [3.63, 3.8) is 0 Å². The van der Waals surface area contributed by atoms with Gasteiger partial charge in [0.1, 0.15) is 11.5 Å². The second-order valence-corrected chi connectivity index (χ2v) is 4.01. The van der Waals surface area contributed by atoms with Crippen molar-refractivity contribution in [1.29, 1.82) is 0 Å². The number of benzene rings is 2. The van der Waals surface area contributed by atoms with E-state index in [0.717, 1.165) is 22.6 Å². The number of aromatic carboxylic acids is 1. The molecule has 2 aromatic carbocycles. The number of carboxylic acid groups (broad SMARTS) is 1. The number of fused-ring (bicyclic) bond motifs is 2. The fraction of sp³-hybridized carbons (Fsp3) is 0.0714. The number of para-hydroxylation sites is 1. The third kappa shape index (κ3) is 2.29. The third-order valence-electron chi connectivity index (χ3n) is 2.88. The summed E-state index contributed by atoms with van der Waals surface area (Å²) in [4.78, 5) is 10.9. The van der Waals surface area contributed by atoms with E-state index in [0.29, 0.717) is 12.0 Å². The Kier molecular flexibility index (Phi) is 3.76. The van der Waals surface area contributed by atoms with E-state index in [1.165, 1.54) is 0 Å². The number of rotatable bonds is 1. The summed E-state index contributed by atoms with van der Waals surface area (Å²) in [6.07, 6.45) is 0.715. The number of hydrogen-bond donors (Lipinski definition) is 1. The first kappa shape index (κ1) is 13.1. The van der Waals surface area contributed by atoms with Crippen LogP contribution in [0.3, 0.4) is 0 Å². The second-order valence-electron chi connectivity index (χ2n) is 4.01. The molecule has 4 heteroatoms. The van der Waals surface area contributed by atoms with Crippen LogP contribution in [-0.4, -0.2) is 40.6 Å². The number of carbonyl (C=O) groups is 1. The van der Waals surface area contributed by atoms with Gasteiger partial charge in [-0.15, -0.1) is 0 Å². The van der Waals surface area contributed by atoms with Gasteiger partial charge in [0.25, 0.3) is 0 Å². The molecule has 0 aliphatic carbocycles. The Hall–Kier alpha value is -1.29. The number of hydrogen-bond acceptors (Lipinski definition) is 2. The van der Waals surface area contributed by atoms with Gasteiger partial charge in [-0.1, -0.05) is 18.2 Å². The molecule has 0 aromatic heterocycles. The van der Waals surface area contributed by atoms with Crippen LogP contribution >= 0.6 is 0 Å². The van der Waals surface area contributed by atoms with E-state index in [1.54, 1.807) is 18.2 Å². The van der Waals surface area contributed by atoms with Gasteiger partial charge in [0.15, 0.2) is 0 Å². The molecule has 3 rings (SSSR count). The molecule has 0 radical (unpaired) electrons. The Morgan fingerprint density at radius 1 is 1.06 bits per heavy atom. The van der Waals surface area contributed by atoms with Gasteiger partial charge in [-0.05, 0) is 29.8 Å². The van der Waals surface area contributed by atoms with Crippen molar-refractivity contribution in [2.24, 2.45) is 0 Å². The molecule has 86 valence electrons. The Balaban J connectivity index is 0.00000120. The summed E-state index contributed by atoms with van der Waals surface area (Å²) >= 11 is 0. The van der Waals surface area contributed by atoms with Crippen LogP contribution in [0.4, 0.5) is 0 Å². The Bertz CT molecular complexity index is 608. The van der Waals surface area contributed by atoms with Gasteiger partial charge in [-0.3, -0.25) is 0 Å². The molecule has 1 N–H and O–H groups in total. The summed E-state index contributed by atoms with van der Waals surface area (Å²) in [5.74, 6) is 0.684. The summed E-state index contributed by atoms with van der Waals surface area (Å²) < 4.78 is 5.72. The SMILES string of the molecule is O=C(O)c1ccc2c(c1)Cc1ccccc1O2.[NaH]. The number of ether oxygens (including phenoxy) is 1. The monoisotopic (exact) mass is 250 g/mol. The molecule has 0 unspecified atom stereocenters. The minimum absolute atomic E-state index is 0. The van der Waals surface area contributed by atoms with Crippen LogP contribution in [0.1, 0.15) is 21.5 Å². The van der Waals surface area contributed by atoms with Crippen molar-refractivity contribution in [3.8, 4) is 11.5 Å². The third-order valence-corrected chi connectivity index (χ3v) is 2.88. The molecule has 0 saturated heterocycles. The van der Waals surface area contributed by atoms with E-state index in [-0.39, 0.29) is 29.6 Å². The normalized spacial score (nSPS) is 11.6. The molecule has 0 fully saturated rings. The molecule has 0 saturated carbocycles. The maximum atomic E-state index is 10.9. The number of carboxylic acids is 1. The van der Waals surface area contributed by atoms with Crippen molar-refractivity contribution in [1.82, 2.24) is 0 Å². The van der Waals surface area contributed by atoms with Crippen molar-refractivity contribution in [2.45, 2.75) is 6.42 Å². The maximum absolute atomic E-state index is 10.9. The molecular formula is C14H11NaO3. The van der Waals surface area contributed by atoms with E-state index < -0.39 is 5.97 Å². The average molecular weight is 250 g/mol. The average Bonchev–Trinajstić information content (AvgIpc) is 2.35. The first-order chi connectivity index (χ1) is 8.24. The van der Waals surface area contributed by atoms with E-state index >= 15 is 0 Å². The summed E-state index contributed by atoms with van der Waals surface area (Å²) in [5, 5.41) is 8.94. The molecule has 1 aliphatic heterocycles. The molecule has 2 aromatic rings. The van der Waals surface area contributed by atoms with Crippen LogP contribution in [0, 0.1) is 0 Å². The van der Waals surface area contributed by atoms with Crippen LogP contribution < -0.4 is 4.74 Å². The predicted octanol–water partition coefficient (Wildman–Crippen LogP) is 2.43. The zero-order chi connectivity index (χ0) is 11.8. The second kappa shape index (κ2) is 5.14. The van der Waals surface area contributed by atoms with Crippen LogP contribution in [0.2, 0.25) is 0 Å². The summed E-state index contributed by atoms with van der Waals surface area (Å²) in [5.41, 5.74) is 2.30. The van der Waals surface area contributed by atoms with Gasteiger partial charge < -0.3 is 9.84 Å². The molecule has 18 heavy (non-hydrogen) atoms. The fourth-order valence-electron chi connectivity index (χ4n) is 2.02. The zero-order valence-corrected chi connectivity index (χ0v) is 9.01. The summed E-state index contributed by atoms with van der Waals surface area (Å²) in [7, 11) is 0. The summed E-state index contributed by atoms with van der Waals surface area (Å²) in [6, 6.07) is 12.7. The molecule has 0 bridgehead atoms. The van der Waals surface area contributed by atoms with Gasteiger partial charge in [-0.2, -0.15) is 0 Å². The Morgan fingerprint density at radius 3 is 2.56 bits per heavy atom. The van der Waals surface area contributed by atoms with E-state index in [4.69, 9.17) is 9.84 Å². The fourth-order valence-corrected chi connectivity index (χ4v) is 2.02. The van der Waals surface area contributed by atoms with E-state index in [1.807, 2.05) is 24.3 Å². The van der Waals surface area contributed by atoms with E-state index in [2.05, 4.69) is 0 Å². The minimum atomic E-state index is -0.911. The zero-order valence-electron chi connectivity index (χ0n) is 9.01. The van der Waals surface area contributed by atoms with Gasteiger partial charge in [0.2, 0.25) is 0 Å². The first-order valence-corrected chi connectivity index (χ1v) is 5.36. The van der Waals surface area contributed by atoms with Crippen LogP contribution in [-0.2, 0) is 6.42 Å². The molecule has 0 amide bonds. The molecule has 1 aliphatic rings. The molecule has 0 spiro atoms. The van der Waals surface area contributed by atoms with Gasteiger partial charge in [0.05, 0.1) is 5.56 Å². The van der Waals surface area contributed by atoms with Gasteiger partial charge in [-0.25, -0.2) is 4.79 Å². The van der Waals surface area contributed by atoms with Crippen LogP contribution in [0.5, 0.6) is 11.5 Å². The van der Waals surface area contributed by atoms with Gasteiger partial charge >= 0.3 is 35.5 Å². The van der Waals surface area contributed by atoms with Crippen LogP contribution in [0.25, 0.3) is 0 Å². The first-order valence-electron chi connectivity index (χ1n) is 5.36. The Labute approximate surface area is 127 Å². The topological polar surface area (TPSA) is 46.5 Å². The van der Waals surface area contributed by atoms with Crippen molar-refractivity contribution >= 4 is 35.5 Å². The van der Waals surface area contributed by atoms with Crippen molar-refractivity contribution in [2.75, 3.05) is 0 Å². The predicted molar refractivity (Wildman–Crippen MR) is 69.9 cm³/mol. The van der Waals surface area contributed by atoms with Crippen LogP contribution in [0.15, 0.2) is 42.5 Å². The summed E-state index contributed by atoms with van der Waals surface area (Å²) in [6.45, 7) is 0. The van der Waals surface area contributed by atoms with Gasteiger partial charge in [0, 0.05) is 12.0 Å². The quantitative estimate of drug-likeness (QED) is 0.675. The molecular weight excluding hydrogens is 239 g/mol. The Morgan fingerprint density at radius 2 is 1.78 bits per heavy atom. The standard InChI is InChI=1S/C14H10O3.Na.H/c15-14(16)10-5-6-13-11(8-10)7-9-3-1-2-4-12(9)17-13;;/h1-6,8H,7H2,(H,15,16);;. The molecule has 3 nitrogen and oxygen atoms in total. The van der Waals surface area contributed by atoms with Crippen molar-refractivity contribution < 1.29 is 14.6 Å². The van der Waals surface area contributed by atoms with E-state index in [9.17, 15) is 4.79 Å². The molecule has 0 atom stereocenters. The molecule has 1 heterocycles. The van der Waals surface area contributed by atoms with Crippen molar-refractivity contribution in [3.05, 3.63) is 59.2 Å².